The number of aryl methyl sites for hydroxylation is 1. The van der Waals surface area contributed by atoms with Crippen LogP contribution >= 0.6 is 12.2 Å². The van der Waals surface area contributed by atoms with Gasteiger partial charge in [0, 0.05) is 5.69 Å². The van der Waals surface area contributed by atoms with E-state index in [2.05, 4.69) is 28.1 Å². The maximum Gasteiger partial charge on any atom is 0.262 e. The van der Waals surface area contributed by atoms with Gasteiger partial charge in [-0.1, -0.05) is 12.1 Å². The molecule has 0 heterocycles. The van der Waals surface area contributed by atoms with E-state index in [1.807, 2.05) is 31.2 Å². The monoisotopic (exact) mass is 372 g/mol. The van der Waals surface area contributed by atoms with Gasteiger partial charge in [0.2, 0.25) is 0 Å². The van der Waals surface area contributed by atoms with Gasteiger partial charge in [-0.2, -0.15) is 5.10 Å². The van der Waals surface area contributed by atoms with Crippen LogP contribution in [0.2, 0.25) is 0 Å². The zero-order valence-corrected chi connectivity index (χ0v) is 15.3. The molecule has 0 aliphatic carbocycles. The number of amides is 1. The minimum absolute atomic E-state index is 0.0767. The first-order valence-corrected chi connectivity index (χ1v) is 8.14. The van der Waals surface area contributed by atoms with Gasteiger partial charge in [0.1, 0.15) is 0 Å². The minimum atomic E-state index is -0.260. The average molecular weight is 372 g/mol. The quantitative estimate of drug-likeness (QED) is 0.392. The lowest BCUT2D eigenvalue weighted by molar-refractivity contribution is -0.118. The number of benzene rings is 2. The molecule has 0 spiro atoms. The van der Waals surface area contributed by atoms with Gasteiger partial charge in [0.05, 0.1) is 13.3 Å². The van der Waals surface area contributed by atoms with E-state index in [1.165, 1.54) is 13.3 Å². The highest BCUT2D eigenvalue weighted by Gasteiger charge is 2.09. The molecular weight excluding hydrogens is 352 g/mol. The lowest BCUT2D eigenvalue weighted by Gasteiger charge is -2.11. The zero-order valence-electron chi connectivity index (χ0n) is 14.5. The number of ether oxygens (including phenoxy) is 2. The predicted octanol–water partition coefficient (Wildman–Crippen LogP) is 2.19. The third-order valence-electron chi connectivity index (χ3n) is 3.24. The van der Waals surface area contributed by atoms with Gasteiger partial charge < -0.3 is 20.5 Å². The molecule has 4 N–H and O–H groups in total. The molecule has 0 saturated carbocycles. The molecule has 7 nitrogen and oxygen atoms in total. The SMILES string of the molecule is COc1cc(C=NNC(N)=S)ccc1OCC(=O)Nc1cccc(C)c1. The molecule has 136 valence electrons. The first kappa shape index (κ1) is 19.2. The molecule has 1 amide bonds. The second-order valence-electron chi connectivity index (χ2n) is 5.35. The molecule has 0 bridgehead atoms. The molecule has 0 aromatic heterocycles. The van der Waals surface area contributed by atoms with Gasteiger partial charge in [0.25, 0.3) is 5.91 Å². The Morgan fingerprint density at radius 1 is 1.27 bits per heavy atom. The van der Waals surface area contributed by atoms with Crippen molar-refractivity contribution in [3.8, 4) is 11.5 Å². The van der Waals surface area contributed by atoms with E-state index >= 15 is 0 Å². The number of anilines is 1. The molecule has 8 heteroatoms. The summed E-state index contributed by atoms with van der Waals surface area (Å²) in [4.78, 5) is 12.0. The van der Waals surface area contributed by atoms with Crippen LogP contribution in [0.5, 0.6) is 11.5 Å². The predicted molar refractivity (Wildman–Crippen MR) is 106 cm³/mol. The molecule has 2 aromatic carbocycles. The van der Waals surface area contributed by atoms with Crippen LogP contribution in [0.15, 0.2) is 47.6 Å². The molecule has 2 rings (SSSR count). The van der Waals surface area contributed by atoms with E-state index in [1.54, 1.807) is 18.2 Å². The number of nitrogens with two attached hydrogens (primary N) is 1. The second kappa shape index (κ2) is 9.38. The van der Waals surface area contributed by atoms with Crippen LogP contribution in [0.3, 0.4) is 0 Å². The fourth-order valence-electron chi connectivity index (χ4n) is 2.12. The Balaban J connectivity index is 1.96. The Bertz CT molecular complexity index is 824. The topological polar surface area (TPSA) is 98.0 Å². The Kier molecular flexibility index (Phi) is 6.92. The number of rotatable bonds is 7. The number of nitrogens with one attached hydrogen (secondary N) is 2. The van der Waals surface area contributed by atoms with Gasteiger partial charge in [-0.3, -0.25) is 10.2 Å². The van der Waals surface area contributed by atoms with Gasteiger partial charge >= 0.3 is 0 Å². The summed E-state index contributed by atoms with van der Waals surface area (Å²) in [7, 11) is 1.52. The highest BCUT2D eigenvalue weighted by Crippen LogP contribution is 2.27. The van der Waals surface area contributed by atoms with Crippen LogP contribution < -0.4 is 25.9 Å². The van der Waals surface area contributed by atoms with E-state index in [9.17, 15) is 4.79 Å². The summed E-state index contributed by atoms with van der Waals surface area (Å²) in [5.74, 6) is 0.669. The number of hydrazone groups is 1. The van der Waals surface area contributed by atoms with E-state index in [0.29, 0.717) is 11.5 Å². The van der Waals surface area contributed by atoms with Crippen molar-refractivity contribution in [1.82, 2.24) is 5.43 Å². The normalized spacial score (nSPS) is 10.4. The molecule has 0 unspecified atom stereocenters. The maximum absolute atomic E-state index is 12.0. The van der Waals surface area contributed by atoms with Crippen molar-refractivity contribution in [2.24, 2.45) is 10.8 Å². The lowest BCUT2D eigenvalue weighted by atomic mass is 10.2. The number of hydrogen-bond donors (Lipinski definition) is 3. The van der Waals surface area contributed by atoms with E-state index in [-0.39, 0.29) is 17.6 Å². The average Bonchev–Trinajstić information content (AvgIpc) is 2.60. The van der Waals surface area contributed by atoms with Crippen molar-refractivity contribution in [1.29, 1.82) is 0 Å². The molecule has 0 aliphatic rings. The Morgan fingerprint density at radius 3 is 2.77 bits per heavy atom. The smallest absolute Gasteiger partial charge is 0.262 e. The summed E-state index contributed by atoms with van der Waals surface area (Å²) in [5, 5.41) is 6.73. The Labute approximate surface area is 157 Å². The van der Waals surface area contributed by atoms with Gasteiger partial charge in [-0.05, 0) is 60.6 Å². The van der Waals surface area contributed by atoms with Crippen molar-refractivity contribution in [2.75, 3.05) is 19.0 Å². The van der Waals surface area contributed by atoms with Crippen molar-refractivity contribution in [3.05, 3.63) is 53.6 Å². The molecule has 0 aliphatic heterocycles. The lowest BCUT2D eigenvalue weighted by Crippen LogP contribution is -2.24. The number of carbonyl (C=O) groups is 1. The standard InChI is InChI=1S/C18H20N4O3S/c1-12-4-3-5-14(8-12)21-17(23)11-25-15-7-6-13(9-16(15)24-2)10-20-22-18(19)26/h3-10H,11H2,1-2H3,(H,21,23)(H3,19,22,26). The summed E-state index contributed by atoms with van der Waals surface area (Å²) in [6.07, 6.45) is 1.54. The largest absolute Gasteiger partial charge is 0.493 e. The van der Waals surface area contributed by atoms with Crippen molar-refractivity contribution in [3.63, 3.8) is 0 Å². The first-order chi connectivity index (χ1) is 12.5. The third kappa shape index (κ3) is 6.06. The van der Waals surface area contributed by atoms with Crippen molar-refractivity contribution >= 4 is 35.1 Å². The molecule has 0 fully saturated rings. The molecule has 0 saturated heterocycles. The van der Waals surface area contributed by atoms with Gasteiger partial charge in [-0.15, -0.1) is 0 Å². The fraction of sp³-hybridized carbons (Fsp3) is 0.167. The summed E-state index contributed by atoms with van der Waals surface area (Å²) < 4.78 is 10.8. The molecule has 0 atom stereocenters. The van der Waals surface area contributed by atoms with Crippen LogP contribution in [-0.4, -0.2) is 31.0 Å². The fourth-order valence-corrected chi connectivity index (χ4v) is 2.17. The second-order valence-corrected chi connectivity index (χ2v) is 5.79. The Morgan fingerprint density at radius 2 is 2.08 bits per heavy atom. The summed E-state index contributed by atoms with van der Waals surface area (Å²) in [6, 6.07) is 12.7. The minimum Gasteiger partial charge on any atom is -0.493 e. The van der Waals surface area contributed by atoms with E-state index in [0.717, 1.165) is 16.8 Å². The van der Waals surface area contributed by atoms with Crippen molar-refractivity contribution < 1.29 is 14.3 Å². The molecule has 0 radical (unpaired) electrons. The van der Waals surface area contributed by atoms with Crippen LogP contribution in [0.1, 0.15) is 11.1 Å². The van der Waals surface area contributed by atoms with Crippen LogP contribution in [-0.2, 0) is 4.79 Å². The number of hydrogen-bond acceptors (Lipinski definition) is 5. The Hall–Kier alpha value is -3.13. The van der Waals surface area contributed by atoms with Gasteiger partial charge in [-0.25, -0.2) is 0 Å². The van der Waals surface area contributed by atoms with Crippen LogP contribution in [0.4, 0.5) is 5.69 Å². The molecule has 2 aromatic rings. The molecular formula is C18H20N4O3S. The first-order valence-electron chi connectivity index (χ1n) is 7.74. The number of methoxy groups -OCH3 is 1. The van der Waals surface area contributed by atoms with Crippen molar-refractivity contribution in [2.45, 2.75) is 6.92 Å². The number of carbonyl (C=O) groups excluding carboxylic acids is 1. The summed E-state index contributed by atoms with van der Waals surface area (Å²) >= 11 is 4.66. The van der Waals surface area contributed by atoms with Crippen LogP contribution in [0.25, 0.3) is 0 Å². The highest BCUT2D eigenvalue weighted by atomic mass is 32.1. The maximum atomic E-state index is 12.0. The van der Waals surface area contributed by atoms with E-state index in [4.69, 9.17) is 15.2 Å². The van der Waals surface area contributed by atoms with E-state index < -0.39 is 0 Å². The van der Waals surface area contributed by atoms with Gasteiger partial charge in [0.15, 0.2) is 23.2 Å². The third-order valence-corrected chi connectivity index (χ3v) is 3.33. The number of thiocarbonyl (C=S) groups is 1. The summed E-state index contributed by atoms with van der Waals surface area (Å²) in [5.41, 5.74) is 10.3. The highest BCUT2D eigenvalue weighted by molar-refractivity contribution is 7.80. The van der Waals surface area contributed by atoms with Crippen LogP contribution in [0, 0.1) is 6.92 Å². The molecule has 26 heavy (non-hydrogen) atoms. The zero-order chi connectivity index (χ0) is 18.9. The number of nitrogens with zero attached hydrogens (tertiary/aromatic N) is 1. The summed E-state index contributed by atoms with van der Waals surface area (Å²) in [6.45, 7) is 1.82.